The quantitative estimate of drug-likeness (QED) is 0.676. The zero-order valence-corrected chi connectivity index (χ0v) is 15.6. The molecule has 0 aliphatic heterocycles. The average molecular weight is 380 g/mol. The second kappa shape index (κ2) is 8.34. The van der Waals surface area contributed by atoms with Crippen molar-refractivity contribution in [2.24, 2.45) is 0 Å². The summed E-state index contributed by atoms with van der Waals surface area (Å²) in [6, 6.07) is 10.7. The molecule has 0 fully saturated rings. The molecule has 0 spiro atoms. The van der Waals surface area contributed by atoms with Crippen LogP contribution < -0.4 is 21.3 Å². The highest BCUT2D eigenvalue weighted by atomic mass is 16.5. The number of carbonyl (C=O) groups is 1. The number of nitrogens with one attached hydrogen (secondary N) is 2. The molecule has 0 aliphatic rings. The van der Waals surface area contributed by atoms with Crippen LogP contribution in [-0.2, 0) is 17.9 Å². The summed E-state index contributed by atoms with van der Waals surface area (Å²) in [5, 5.41) is 2.70. The zero-order chi connectivity index (χ0) is 20.1. The molecular weight excluding hydrogens is 360 g/mol. The maximum Gasteiger partial charge on any atom is 0.328 e. The first-order valence-corrected chi connectivity index (χ1v) is 8.67. The number of rotatable bonds is 6. The van der Waals surface area contributed by atoms with Crippen molar-refractivity contribution in [3.05, 3.63) is 86.3 Å². The Balaban J connectivity index is 1.56. The molecule has 2 N–H and O–H groups in total. The molecule has 28 heavy (non-hydrogen) atoms. The minimum atomic E-state index is -0.628. The number of hydrogen-bond donors (Lipinski definition) is 2. The fourth-order valence-electron chi connectivity index (χ4n) is 2.49. The van der Waals surface area contributed by atoms with Crippen molar-refractivity contribution in [1.82, 2.24) is 19.9 Å². The summed E-state index contributed by atoms with van der Waals surface area (Å²) in [4.78, 5) is 41.0. The van der Waals surface area contributed by atoms with E-state index in [1.54, 1.807) is 18.3 Å². The van der Waals surface area contributed by atoms with Crippen LogP contribution in [0.15, 0.2) is 58.4 Å². The first-order chi connectivity index (χ1) is 13.4. The molecule has 0 saturated carbocycles. The van der Waals surface area contributed by atoms with Gasteiger partial charge in [-0.2, -0.15) is 0 Å². The second-order valence-electron chi connectivity index (χ2n) is 6.39. The van der Waals surface area contributed by atoms with Gasteiger partial charge in [0.2, 0.25) is 11.8 Å². The van der Waals surface area contributed by atoms with Gasteiger partial charge in [0.05, 0.1) is 0 Å². The lowest BCUT2D eigenvalue weighted by Crippen LogP contribution is -2.35. The lowest BCUT2D eigenvalue weighted by molar-refractivity contribution is -0.121. The summed E-state index contributed by atoms with van der Waals surface area (Å²) in [5.74, 6) is 0.855. The maximum absolute atomic E-state index is 12.0. The highest BCUT2D eigenvalue weighted by molar-refractivity contribution is 5.75. The monoisotopic (exact) mass is 380 g/mol. The lowest BCUT2D eigenvalue weighted by Gasteiger charge is -2.10. The van der Waals surface area contributed by atoms with E-state index in [0.717, 1.165) is 27.0 Å². The topological polar surface area (TPSA) is 106 Å². The third-order valence-electron chi connectivity index (χ3n) is 4.06. The van der Waals surface area contributed by atoms with E-state index in [2.05, 4.69) is 15.3 Å². The van der Waals surface area contributed by atoms with Crippen molar-refractivity contribution in [3.8, 4) is 11.6 Å². The highest BCUT2D eigenvalue weighted by Gasteiger charge is 2.06. The molecule has 0 aliphatic carbocycles. The Kier molecular flexibility index (Phi) is 5.69. The summed E-state index contributed by atoms with van der Waals surface area (Å²) >= 11 is 0. The Hall–Kier alpha value is -3.68. The van der Waals surface area contributed by atoms with Crippen LogP contribution in [0, 0.1) is 13.8 Å². The SMILES string of the molecule is Cc1ccc(C)c(Oc2ccc(CNC(=O)Cn3ccc(=O)[nH]c3=O)cn2)c1. The molecule has 0 radical (unpaired) electrons. The number of H-pyrrole nitrogens is 1. The van der Waals surface area contributed by atoms with E-state index in [9.17, 15) is 14.4 Å². The molecule has 0 atom stereocenters. The number of benzene rings is 1. The Morgan fingerprint density at radius 3 is 2.71 bits per heavy atom. The molecule has 2 heterocycles. The molecular formula is C20H20N4O4. The van der Waals surface area contributed by atoms with E-state index >= 15 is 0 Å². The number of hydrogen-bond acceptors (Lipinski definition) is 5. The molecule has 0 unspecified atom stereocenters. The first-order valence-electron chi connectivity index (χ1n) is 8.67. The summed E-state index contributed by atoms with van der Waals surface area (Å²) < 4.78 is 6.93. The lowest BCUT2D eigenvalue weighted by atomic mass is 10.1. The molecule has 0 saturated heterocycles. The predicted octanol–water partition coefficient (Wildman–Crippen LogP) is 1.66. The number of aromatic amines is 1. The van der Waals surface area contributed by atoms with E-state index in [4.69, 9.17) is 4.74 Å². The van der Waals surface area contributed by atoms with E-state index < -0.39 is 11.2 Å². The van der Waals surface area contributed by atoms with Crippen LogP contribution in [0.3, 0.4) is 0 Å². The van der Waals surface area contributed by atoms with Gasteiger partial charge in [0.15, 0.2) is 0 Å². The van der Waals surface area contributed by atoms with Crippen molar-refractivity contribution < 1.29 is 9.53 Å². The molecule has 2 aromatic heterocycles. The number of nitrogens with zero attached hydrogens (tertiary/aromatic N) is 2. The van der Waals surface area contributed by atoms with Gasteiger partial charge in [-0.15, -0.1) is 0 Å². The molecule has 8 heteroatoms. The standard InChI is InChI=1S/C20H20N4O4/c1-13-3-4-14(2)16(9-13)28-19-6-5-15(11-22-19)10-21-18(26)12-24-8-7-17(25)23-20(24)27/h3-9,11H,10,12H2,1-2H3,(H,21,26)(H,23,25,27). The Bertz CT molecular complexity index is 1100. The second-order valence-corrected chi connectivity index (χ2v) is 6.39. The third-order valence-corrected chi connectivity index (χ3v) is 4.06. The van der Waals surface area contributed by atoms with E-state index in [-0.39, 0.29) is 19.0 Å². The fourth-order valence-corrected chi connectivity index (χ4v) is 2.49. The average Bonchev–Trinajstić information content (AvgIpc) is 2.66. The van der Waals surface area contributed by atoms with Crippen LogP contribution in [0.5, 0.6) is 11.6 Å². The van der Waals surface area contributed by atoms with Crippen LogP contribution in [-0.4, -0.2) is 20.4 Å². The number of carbonyl (C=O) groups excluding carboxylic acids is 1. The van der Waals surface area contributed by atoms with Crippen molar-refractivity contribution in [1.29, 1.82) is 0 Å². The van der Waals surface area contributed by atoms with Gasteiger partial charge in [0, 0.05) is 31.1 Å². The number of aryl methyl sites for hydroxylation is 2. The van der Waals surface area contributed by atoms with Gasteiger partial charge in [-0.1, -0.05) is 18.2 Å². The molecule has 1 aromatic carbocycles. The maximum atomic E-state index is 12.0. The predicted molar refractivity (Wildman–Crippen MR) is 103 cm³/mol. The van der Waals surface area contributed by atoms with Crippen LogP contribution >= 0.6 is 0 Å². The van der Waals surface area contributed by atoms with Crippen LogP contribution in [0.2, 0.25) is 0 Å². The summed E-state index contributed by atoms with van der Waals surface area (Å²) in [6.07, 6.45) is 2.90. The number of ether oxygens (including phenoxy) is 1. The van der Waals surface area contributed by atoms with Crippen LogP contribution in [0.4, 0.5) is 0 Å². The van der Waals surface area contributed by atoms with Crippen LogP contribution in [0.25, 0.3) is 0 Å². The summed E-state index contributed by atoms with van der Waals surface area (Å²) in [7, 11) is 0. The number of aromatic nitrogens is 3. The van der Waals surface area contributed by atoms with Gasteiger partial charge in [-0.05, 0) is 36.6 Å². The minimum absolute atomic E-state index is 0.184. The third kappa shape index (κ3) is 4.94. The first kappa shape index (κ1) is 19.1. The van der Waals surface area contributed by atoms with Gasteiger partial charge in [0.25, 0.3) is 5.56 Å². The van der Waals surface area contributed by atoms with Crippen molar-refractivity contribution in [3.63, 3.8) is 0 Å². The molecule has 144 valence electrons. The summed E-state index contributed by atoms with van der Waals surface area (Å²) in [6.45, 7) is 4.03. The van der Waals surface area contributed by atoms with Gasteiger partial charge in [0.1, 0.15) is 12.3 Å². The number of amides is 1. The van der Waals surface area contributed by atoms with E-state index in [0.29, 0.717) is 5.88 Å². The fraction of sp³-hybridized carbons (Fsp3) is 0.200. The number of pyridine rings is 1. The molecule has 0 bridgehead atoms. The highest BCUT2D eigenvalue weighted by Crippen LogP contribution is 2.24. The molecule has 3 rings (SSSR count). The zero-order valence-electron chi connectivity index (χ0n) is 15.6. The molecule has 8 nitrogen and oxygen atoms in total. The Labute approximate surface area is 160 Å². The Morgan fingerprint density at radius 2 is 2.00 bits per heavy atom. The van der Waals surface area contributed by atoms with E-state index in [1.807, 2.05) is 32.0 Å². The largest absolute Gasteiger partial charge is 0.439 e. The minimum Gasteiger partial charge on any atom is -0.439 e. The smallest absolute Gasteiger partial charge is 0.328 e. The van der Waals surface area contributed by atoms with Crippen molar-refractivity contribution in [2.75, 3.05) is 0 Å². The van der Waals surface area contributed by atoms with Crippen molar-refractivity contribution >= 4 is 5.91 Å². The Morgan fingerprint density at radius 1 is 1.18 bits per heavy atom. The molecule has 1 amide bonds. The van der Waals surface area contributed by atoms with Gasteiger partial charge < -0.3 is 10.1 Å². The normalized spacial score (nSPS) is 10.5. The van der Waals surface area contributed by atoms with Crippen molar-refractivity contribution in [2.45, 2.75) is 26.9 Å². The van der Waals surface area contributed by atoms with Gasteiger partial charge in [-0.3, -0.25) is 19.1 Å². The van der Waals surface area contributed by atoms with Gasteiger partial charge in [-0.25, -0.2) is 9.78 Å². The van der Waals surface area contributed by atoms with E-state index in [1.165, 1.54) is 12.3 Å². The van der Waals surface area contributed by atoms with Gasteiger partial charge >= 0.3 is 5.69 Å². The molecule has 3 aromatic rings. The van der Waals surface area contributed by atoms with Crippen LogP contribution in [0.1, 0.15) is 16.7 Å². The summed E-state index contributed by atoms with van der Waals surface area (Å²) in [5.41, 5.74) is 1.77.